The maximum atomic E-state index is 12.5. The minimum absolute atomic E-state index is 0.132. The molecule has 26 heavy (non-hydrogen) atoms. The van der Waals surface area contributed by atoms with Gasteiger partial charge in [0.15, 0.2) is 0 Å². The van der Waals surface area contributed by atoms with Crippen LogP contribution in [0.15, 0.2) is 57.9 Å². The molecule has 1 heterocycles. The van der Waals surface area contributed by atoms with E-state index in [1.165, 1.54) is 4.90 Å². The van der Waals surface area contributed by atoms with E-state index in [-0.39, 0.29) is 17.8 Å². The molecule has 1 saturated heterocycles. The van der Waals surface area contributed by atoms with Crippen molar-refractivity contribution in [1.82, 2.24) is 4.90 Å². The molecule has 0 unspecified atom stereocenters. The van der Waals surface area contributed by atoms with Crippen molar-refractivity contribution in [2.24, 2.45) is 0 Å². The van der Waals surface area contributed by atoms with E-state index in [2.05, 4.69) is 21.2 Å². The van der Waals surface area contributed by atoms with Gasteiger partial charge in [0, 0.05) is 10.2 Å². The topological polar surface area (TPSA) is 58.6 Å². The number of hydrogen-bond acceptors (Lipinski definition) is 5. The number of imide groups is 1. The third kappa shape index (κ3) is 4.47. The van der Waals surface area contributed by atoms with Gasteiger partial charge in [0.2, 0.25) is 0 Å². The van der Waals surface area contributed by atoms with Gasteiger partial charge in [-0.05, 0) is 66.7 Å². The van der Waals surface area contributed by atoms with Crippen LogP contribution in [0.4, 0.5) is 10.5 Å². The molecule has 2 aromatic carbocycles. The first-order chi connectivity index (χ1) is 12.6. The highest BCUT2D eigenvalue weighted by Gasteiger charge is 2.34. The van der Waals surface area contributed by atoms with Crippen molar-refractivity contribution in [3.05, 3.63) is 63.5 Å². The summed E-state index contributed by atoms with van der Waals surface area (Å²) >= 11 is 4.32. The number of rotatable bonds is 6. The Morgan fingerprint density at radius 3 is 2.46 bits per heavy atom. The standard InChI is InChI=1S/C19H17BrN2O3S/c1-2-25-16-9-3-13(4-10-16)11-17-18(23)22(19(24)26-17)12-21-15-7-5-14(20)6-8-15/h3-11,21H,2,12H2,1H3/b17-11+. The van der Waals surface area contributed by atoms with Crippen LogP contribution in [0.2, 0.25) is 0 Å². The SMILES string of the molecule is CCOc1ccc(/C=C2/SC(=O)N(CNc3ccc(Br)cc3)C2=O)cc1. The van der Waals surface area contributed by atoms with E-state index in [4.69, 9.17) is 4.74 Å². The number of nitrogens with one attached hydrogen (secondary N) is 1. The van der Waals surface area contributed by atoms with Crippen LogP contribution >= 0.6 is 27.7 Å². The monoisotopic (exact) mass is 432 g/mol. The molecular weight excluding hydrogens is 416 g/mol. The first-order valence-corrected chi connectivity index (χ1v) is 9.65. The Kier molecular flexibility index (Phi) is 6.00. The molecule has 1 N–H and O–H groups in total. The van der Waals surface area contributed by atoms with Gasteiger partial charge in [-0.15, -0.1) is 0 Å². The highest BCUT2D eigenvalue weighted by molar-refractivity contribution is 9.10. The molecule has 1 fully saturated rings. The predicted molar refractivity (Wildman–Crippen MR) is 108 cm³/mol. The lowest BCUT2D eigenvalue weighted by atomic mass is 10.2. The van der Waals surface area contributed by atoms with E-state index >= 15 is 0 Å². The van der Waals surface area contributed by atoms with Crippen molar-refractivity contribution in [1.29, 1.82) is 0 Å². The third-order valence-corrected chi connectivity index (χ3v) is 5.08. The van der Waals surface area contributed by atoms with Gasteiger partial charge in [-0.2, -0.15) is 0 Å². The first kappa shape index (κ1) is 18.5. The van der Waals surface area contributed by atoms with Gasteiger partial charge < -0.3 is 10.1 Å². The van der Waals surface area contributed by atoms with E-state index in [1.807, 2.05) is 55.5 Å². The van der Waals surface area contributed by atoms with Crippen molar-refractivity contribution < 1.29 is 14.3 Å². The number of hydrogen-bond donors (Lipinski definition) is 1. The van der Waals surface area contributed by atoms with Gasteiger partial charge >= 0.3 is 0 Å². The Bertz CT molecular complexity index is 835. The summed E-state index contributed by atoms with van der Waals surface area (Å²) in [6.07, 6.45) is 1.72. The van der Waals surface area contributed by atoms with Gasteiger partial charge in [0.1, 0.15) is 5.75 Å². The summed E-state index contributed by atoms with van der Waals surface area (Å²) < 4.78 is 6.37. The number of ether oxygens (including phenoxy) is 1. The van der Waals surface area contributed by atoms with E-state index in [9.17, 15) is 9.59 Å². The Hall–Kier alpha value is -2.25. The molecule has 1 aliphatic heterocycles. The summed E-state index contributed by atoms with van der Waals surface area (Å²) in [6.45, 7) is 2.66. The molecule has 2 aromatic rings. The number of thioether (sulfide) groups is 1. The normalized spacial score (nSPS) is 15.6. The zero-order chi connectivity index (χ0) is 18.5. The fourth-order valence-electron chi connectivity index (χ4n) is 2.35. The fraction of sp³-hybridized carbons (Fsp3) is 0.158. The molecule has 0 aliphatic carbocycles. The summed E-state index contributed by atoms with van der Waals surface area (Å²) in [5.41, 5.74) is 1.68. The van der Waals surface area contributed by atoms with Gasteiger partial charge in [-0.3, -0.25) is 14.5 Å². The Labute approximate surface area is 164 Å². The van der Waals surface area contributed by atoms with Crippen molar-refractivity contribution in [3.63, 3.8) is 0 Å². The molecule has 134 valence electrons. The number of nitrogens with zero attached hydrogens (tertiary/aromatic N) is 1. The van der Waals surface area contributed by atoms with Gasteiger partial charge in [-0.25, -0.2) is 0 Å². The lowest BCUT2D eigenvalue weighted by Crippen LogP contribution is -2.33. The minimum Gasteiger partial charge on any atom is -0.494 e. The maximum absolute atomic E-state index is 12.5. The van der Waals surface area contributed by atoms with Crippen LogP contribution in [0.1, 0.15) is 12.5 Å². The number of benzene rings is 2. The van der Waals surface area contributed by atoms with Crippen LogP contribution in [-0.2, 0) is 4.79 Å². The summed E-state index contributed by atoms with van der Waals surface area (Å²) in [4.78, 5) is 26.3. The van der Waals surface area contributed by atoms with Crippen LogP contribution < -0.4 is 10.1 Å². The van der Waals surface area contributed by atoms with Crippen LogP contribution in [0, 0.1) is 0 Å². The second kappa shape index (κ2) is 8.42. The zero-order valence-electron chi connectivity index (χ0n) is 14.1. The quantitative estimate of drug-likeness (QED) is 0.653. The smallest absolute Gasteiger partial charge is 0.295 e. The third-order valence-electron chi connectivity index (χ3n) is 3.65. The maximum Gasteiger partial charge on any atom is 0.295 e. The molecule has 0 spiro atoms. The molecule has 2 amide bonds. The zero-order valence-corrected chi connectivity index (χ0v) is 16.5. The van der Waals surface area contributed by atoms with Crippen molar-refractivity contribution in [2.45, 2.75) is 6.92 Å². The lowest BCUT2D eigenvalue weighted by molar-refractivity contribution is -0.122. The van der Waals surface area contributed by atoms with Crippen LogP contribution in [-0.4, -0.2) is 29.3 Å². The molecule has 0 radical (unpaired) electrons. The largest absolute Gasteiger partial charge is 0.494 e. The second-order valence-corrected chi connectivity index (χ2v) is 7.36. The Morgan fingerprint density at radius 1 is 1.12 bits per heavy atom. The molecule has 0 atom stereocenters. The summed E-state index contributed by atoms with van der Waals surface area (Å²) in [6, 6.07) is 14.9. The molecule has 0 bridgehead atoms. The van der Waals surface area contributed by atoms with Crippen molar-refractivity contribution in [2.75, 3.05) is 18.6 Å². The van der Waals surface area contributed by atoms with E-state index in [1.54, 1.807) is 6.08 Å². The number of anilines is 1. The number of amides is 2. The second-order valence-electron chi connectivity index (χ2n) is 5.45. The van der Waals surface area contributed by atoms with Crippen molar-refractivity contribution >= 4 is 50.6 Å². The number of carbonyl (C=O) groups is 2. The van der Waals surface area contributed by atoms with E-state index in [0.717, 1.165) is 33.2 Å². The minimum atomic E-state index is -0.293. The average Bonchev–Trinajstić information content (AvgIpc) is 2.90. The Balaban J connectivity index is 1.66. The molecule has 0 aromatic heterocycles. The summed E-state index contributed by atoms with van der Waals surface area (Å²) in [5.74, 6) is 0.481. The van der Waals surface area contributed by atoms with Crippen LogP contribution in [0.5, 0.6) is 5.75 Å². The van der Waals surface area contributed by atoms with Crippen LogP contribution in [0.25, 0.3) is 6.08 Å². The van der Waals surface area contributed by atoms with Crippen LogP contribution in [0.3, 0.4) is 0 Å². The number of halogens is 1. The highest BCUT2D eigenvalue weighted by atomic mass is 79.9. The average molecular weight is 433 g/mol. The fourth-order valence-corrected chi connectivity index (χ4v) is 3.46. The first-order valence-electron chi connectivity index (χ1n) is 8.04. The van der Waals surface area contributed by atoms with Crippen molar-refractivity contribution in [3.8, 4) is 5.75 Å². The lowest BCUT2D eigenvalue weighted by Gasteiger charge is -2.14. The predicted octanol–water partition coefficient (Wildman–Crippen LogP) is 4.95. The summed E-state index contributed by atoms with van der Waals surface area (Å²) in [5, 5.41) is 2.81. The Morgan fingerprint density at radius 2 is 1.81 bits per heavy atom. The molecule has 7 heteroatoms. The van der Waals surface area contributed by atoms with Gasteiger partial charge in [-0.1, -0.05) is 28.1 Å². The van der Waals surface area contributed by atoms with E-state index in [0.29, 0.717) is 11.5 Å². The molecule has 3 rings (SSSR count). The van der Waals surface area contributed by atoms with Gasteiger partial charge in [0.25, 0.3) is 11.1 Å². The van der Waals surface area contributed by atoms with E-state index < -0.39 is 0 Å². The highest BCUT2D eigenvalue weighted by Crippen LogP contribution is 2.32. The molecular formula is C19H17BrN2O3S. The van der Waals surface area contributed by atoms with Gasteiger partial charge in [0.05, 0.1) is 18.2 Å². The molecule has 1 aliphatic rings. The number of carbonyl (C=O) groups excluding carboxylic acids is 2. The molecule has 5 nitrogen and oxygen atoms in total. The molecule has 0 saturated carbocycles. The summed E-state index contributed by atoms with van der Waals surface area (Å²) in [7, 11) is 0.